The summed E-state index contributed by atoms with van der Waals surface area (Å²) >= 11 is 6.07. The van der Waals surface area contributed by atoms with Crippen LogP contribution in [0.2, 0.25) is 5.02 Å². The van der Waals surface area contributed by atoms with E-state index in [9.17, 15) is 9.59 Å². The minimum Gasteiger partial charge on any atom is -0.496 e. The highest BCUT2D eigenvalue weighted by Gasteiger charge is 2.27. The molecule has 0 bridgehead atoms. The average Bonchev–Trinajstić information content (AvgIpc) is 2.61. The SMILES string of the molecule is COc1cc(N)c(Cl)cc1C(=O)N1CCCC(CNC(=O)C(C)C)C1. The fraction of sp³-hybridized carbons (Fsp3) is 0.556. The topological polar surface area (TPSA) is 84.7 Å². The highest BCUT2D eigenvalue weighted by molar-refractivity contribution is 6.33. The summed E-state index contributed by atoms with van der Waals surface area (Å²) in [6.07, 6.45) is 1.89. The fourth-order valence-corrected chi connectivity index (χ4v) is 3.10. The van der Waals surface area contributed by atoms with Crippen molar-refractivity contribution in [3.63, 3.8) is 0 Å². The standard InChI is InChI=1S/C18H26ClN3O3/c1-11(2)17(23)21-9-12-5-4-6-22(10-12)18(24)13-7-14(19)15(20)8-16(13)25-3/h7-8,11-12H,4-6,9-10,20H2,1-3H3,(H,21,23). The summed E-state index contributed by atoms with van der Waals surface area (Å²) in [7, 11) is 1.50. The van der Waals surface area contributed by atoms with Crippen molar-refractivity contribution < 1.29 is 14.3 Å². The van der Waals surface area contributed by atoms with Crippen molar-refractivity contribution >= 4 is 29.1 Å². The molecule has 0 spiro atoms. The Hall–Kier alpha value is -1.95. The number of carbonyl (C=O) groups is 2. The first kappa shape index (κ1) is 19.4. The van der Waals surface area contributed by atoms with Gasteiger partial charge in [-0.25, -0.2) is 0 Å². The maximum atomic E-state index is 12.9. The summed E-state index contributed by atoms with van der Waals surface area (Å²) < 4.78 is 5.28. The van der Waals surface area contributed by atoms with Crippen LogP contribution in [0, 0.1) is 11.8 Å². The number of piperidine rings is 1. The Morgan fingerprint density at radius 2 is 2.16 bits per heavy atom. The molecule has 138 valence electrons. The third kappa shape index (κ3) is 4.78. The molecule has 0 radical (unpaired) electrons. The van der Waals surface area contributed by atoms with Crippen molar-refractivity contribution in [2.45, 2.75) is 26.7 Å². The van der Waals surface area contributed by atoms with Gasteiger partial charge in [0.15, 0.2) is 0 Å². The number of hydrogen-bond acceptors (Lipinski definition) is 4. The van der Waals surface area contributed by atoms with Gasteiger partial charge in [0.05, 0.1) is 23.4 Å². The molecule has 0 aromatic heterocycles. The van der Waals surface area contributed by atoms with E-state index in [0.29, 0.717) is 41.7 Å². The highest BCUT2D eigenvalue weighted by atomic mass is 35.5. The molecule has 3 N–H and O–H groups in total. The van der Waals surface area contributed by atoms with Gasteiger partial charge in [-0.1, -0.05) is 25.4 Å². The number of nitrogens with two attached hydrogens (primary N) is 1. The number of anilines is 1. The molecule has 2 amide bonds. The number of halogens is 1. The van der Waals surface area contributed by atoms with Gasteiger partial charge in [0.2, 0.25) is 5.91 Å². The molecule has 1 unspecified atom stereocenters. The monoisotopic (exact) mass is 367 g/mol. The van der Waals surface area contributed by atoms with E-state index in [1.54, 1.807) is 17.0 Å². The number of rotatable bonds is 5. The number of ether oxygens (including phenoxy) is 1. The number of benzene rings is 1. The van der Waals surface area contributed by atoms with E-state index in [-0.39, 0.29) is 23.7 Å². The lowest BCUT2D eigenvalue weighted by Crippen LogP contribution is -2.44. The first-order valence-electron chi connectivity index (χ1n) is 8.53. The molecule has 1 heterocycles. The summed E-state index contributed by atoms with van der Waals surface area (Å²) in [5.41, 5.74) is 6.57. The quantitative estimate of drug-likeness (QED) is 0.783. The van der Waals surface area contributed by atoms with E-state index in [4.69, 9.17) is 22.1 Å². The molecule has 1 aromatic rings. The molecule has 1 aliphatic rings. The molecule has 1 atom stereocenters. The van der Waals surface area contributed by atoms with Gasteiger partial charge in [-0.15, -0.1) is 0 Å². The van der Waals surface area contributed by atoms with Gasteiger partial charge in [-0.3, -0.25) is 9.59 Å². The van der Waals surface area contributed by atoms with Crippen molar-refractivity contribution in [3.05, 3.63) is 22.7 Å². The number of amides is 2. The summed E-state index contributed by atoms with van der Waals surface area (Å²) in [4.78, 5) is 26.4. The normalized spacial score (nSPS) is 17.5. The van der Waals surface area contributed by atoms with Crippen LogP contribution >= 0.6 is 11.6 Å². The number of likely N-dealkylation sites (tertiary alicyclic amines) is 1. The Balaban J connectivity index is 2.07. The van der Waals surface area contributed by atoms with Gasteiger partial charge in [0, 0.05) is 31.6 Å². The van der Waals surface area contributed by atoms with Crippen molar-refractivity contribution in [1.29, 1.82) is 0 Å². The molecule has 2 rings (SSSR count). The zero-order valence-electron chi connectivity index (χ0n) is 15.0. The van der Waals surface area contributed by atoms with Gasteiger partial charge in [0.1, 0.15) is 5.75 Å². The van der Waals surface area contributed by atoms with Gasteiger partial charge in [-0.2, -0.15) is 0 Å². The van der Waals surface area contributed by atoms with Crippen LogP contribution in [0.3, 0.4) is 0 Å². The molecular weight excluding hydrogens is 342 g/mol. The molecule has 0 aliphatic carbocycles. The zero-order valence-corrected chi connectivity index (χ0v) is 15.7. The van der Waals surface area contributed by atoms with E-state index in [2.05, 4.69) is 5.32 Å². The van der Waals surface area contributed by atoms with Crippen LogP contribution in [0.15, 0.2) is 12.1 Å². The third-order valence-corrected chi connectivity index (χ3v) is 4.77. The molecular formula is C18H26ClN3O3. The Bertz CT molecular complexity index is 649. The van der Waals surface area contributed by atoms with Crippen molar-refractivity contribution in [3.8, 4) is 5.75 Å². The van der Waals surface area contributed by atoms with E-state index in [1.165, 1.54) is 7.11 Å². The molecule has 0 saturated carbocycles. The lowest BCUT2D eigenvalue weighted by atomic mass is 9.97. The number of carbonyl (C=O) groups excluding carboxylic acids is 2. The molecule has 1 fully saturated rings. The molecule has 1 saturated heterocycles. The second-order valence-electron chi connectivity index (χ2n) is 6.73. The van der Waals surface area contributed by atoms with Gasteiger partial charge in [-0.05, 0) is 24.8 Å². The predicted molar refractivity (Wildman–Crippen MR) is 98.9 cm³/mol. The van der Waals surface area contributed by atoms with E-state index >= 15 is 0 Å². The van der Waals surface area contributed by atoms with Crippen LogP contribution in [0.25, 0.3) is 0 Å². The Labute approximate surface area is 153 Å². The first-order chi connectivity index (χ1) is 11.8. The predicted octanol–water partition coefficient (Wildman–Crippen LogP) is 2.56. The first-order valence-corrected chi connectivity index (χ1v) is 8.91. The molecule has 6 nitrogen and oxygen atoms in total. The van der Waals surface area contributed by atoms with E-state index in [0.717, 1.165) is 12.8 Å². The Kier molecular flexibility index (Phi) is 6.53. The minimum atomic E-state index is -0.126. The van der Waals surface area contributed by atoms with Crippen LogP contribution in [0.5, 0.6) is 5.75 Å². The van der Waals surface area contributed by atoms with Crippen LogP contribution in [0.4, 0.5) is 5.69 Å². The van der Waals surface area contributed by atoms with Gasteiger partial charge >= 0.3 is 0 Å². The van der Waals surface area contributed by atoms with Gasteiger partial charge < -0.3 is 20.7 Å². The summed E-state index contributed by atoms with van der Waals surface area (Å²) in [6, 6.07) is 3.13. The number of hydrogen-bond donors (Lipinski definition) is 2. The lowest BCUT2D eigenvalue weighted by molar-refractivity contribution is -0.124. The average molecular weight is 368 g/mol. The Morgan fingerprint density at radius 1 is 1.44 bits per heavy atom. The smallest absolute Gasteiger partial charge is 0.257 e. The minimum absolute atomic E-state index is 0.0374. The number of nitrogens with zero attached hydrogens (tertiary/aromatic N) is 1. The summed E-state index contributed by atoms with van der Waals surface area (Å²) in [5.74, 6) is 0.536. The Morgan fingerprint density at radius 3 is 2.80 bits per heavy atom. The molecule has 7 heteroatoms. The summed E-state index contributed by atoms with van der Waals surface area (Å²) in [5, 5.41) is 3.29. The van der Waals surface area contributed by atoms with Crippen LogP contribution < -0.4 is 15.8 Å². The molecule has 1 aliphatic heterocycles. The number of nitrogens with one attached hydrogen (secondary N) is 1. The zero-order chi connectivity index (χ0) is 18.6. The van der Waals surface area contributed by atoms with Crippen molar-refractivity contribution in [2.24, 2.45) is 11.8 Å². The van der Waals surface area contributed by atoms with Crippen molar-refractivity contribution in [1.82, 2.24) is 10.2 Å². The van der Waals surface area contributed by atoms with E-state index in [1.807, 2.05) is 13.8 Å². The second-order valence-corrected chi connectivity index (χ2v) is 7.14. The van der Waals surface area contributed by atoms with Crippen LogP contribution in [-0.4, -0.2) is 43.5 Å². The molecule has 25 heavy (non-hydrogen) atoms. The lowest BCUT2D eigenvalue weighted by Gasteiger charge is -2.33. The third-order valence-electron chi connectivity index (χ3n) is 4.44. The van der Waals surface area contributed by atoms with Crippen LogP contribution in [-0.2, 0) is 4.79 Å². The summed E-state index contributed by atoms with van der Waals surface area (Å²) in [6.45, 7) is 5.59. The van der Waals surface area contributed by atoms with E-state index < -0.39 is 0 Å². The van der Waals surface area contributed by atoms with Gasteiger partial charge in [0.25, 0.3) is 5.91 Å². The maximum Gasteiger partial charge on any atom is 0.257 e. The maximum absolute atomic E-state index is 12.9. The van der Waals surface area contributed by atoms with Crippen LogP contribution in [0.1, 0.15) is 37.0 Å². The fourth-order valence-electron chi connectivity index (χ4n) is 2.94. The second kappa shape index (κ2) is 8.43. The number of methoxy groups -OCH3 is 1. The molecule has 1 aromatic carbocycles. The highest BCUT2D eigenvalue weighted by Crippen LogP contribution is 2.30. The number of nitrogen functional groups attached to an aromatic ring is 1. The van der Waals surface area contributed by atoms with Crippen molar-refractivity contribution in [2.75, 3.05) is 32.5 Å². The largest absolute Gasteiger partial charge is 0.496 e.